The predicted octanol–water partition coefficient (Wildman–Crippen LogP) is -1.55. The van der Waals surface area contributed by atoms with Crippen LogP contribution in [0.2, 0.25) is 0 Å². The van der Waals surface area contributed by atoms with Gasteiger partial charge in [0.05, 0.1) is 5.75 Å². The number of nitrogens with zero attached hydrogens (tertiary/aromatic N) is 2. The fourth-order valence-electron chi connectivity index (χ4n) is 1.66. The Bertz CT molecular complexity index is 273. The molecule has 0 amide bonds. The van der Waals surface area contributed by atoms with Crippen LogP contribution in [0, 0.1) is 0 Å². The minimum atomic E-state index is -3.82. The molecule has 0 atom stereocenters. The van der Waals surface area contributed by atoms with Crippen molar-refractivity contribution >= 4 is 10.1 Å². The molecule has 0 radical (unpaired) electrons. The Morgan fingerprint density at radius 2 is 1.53 bits per heavy atom. The molecule has 15 heavy (non-hydrogen) atoms. The monoisotopic (exact) mass is 237 g/mol. The third kappa shape index (κ3) is 5.43. The first-order chi connectivity index (χ1) is 7.01. The molecule has 1 fully saturated rings. The van der Waals surface area contributed by atoms with Crippen molar-refractivity contribution in [1.82, 2.24) is 9.80 Å². The van der Waals surface area contributed by atoms with E-state index in [2.05, 4.69) is 4.90 Å². The van der Waals surface area contributed by atoms with E-state index >= 15 is 0 Å². The Hall–Kier alpha value is -0.210. The van der Waals surface area contributed by atoms with Crippen LogP contribution in [0.4, 0.5) is 0 Å². The van der Waals surface area contributed by atoms with Gasteiger partial charge in [0.1, 0.15) is 0 Å². The van der Waals surface area contributed by atoms with Gasteiger partial charge in [-0.2, -0.15) is 8.42 Å². The first-order valence-corrected chi connectivity index (χ1v) is 6.72. The molecule has 0 aromatic rings. The molecule has 1 saturated heterocycles. The van der Waals surface area contributed by atoms with Gasteiger partial charge in [-0.15, -0.1) is 0 Å². The largest absolute Gasteiger partial charge is 0.329 e. The summed E-state index contributed by atoms with van der Waals surface area (Å²) in [6.45, 7) is 5.49. The van der Waals surface area contributed by atoms with E-state index in [1.165, 1.54) is 0 Å². The van der Waals surface area contributed by atoms with Crippen LogP contribution in [0.5, 0.6) is 0 Å². The van der Waals surface area contributed by atoms with E-state index in [1.54, 1.807) is 0 Å². The Balaban J connectivity index is 2.20. The molecule has 90 valence electrons. The molecule has 0 unspecified atom stereocenters. The van der Waals surface area contributed by atoms with E-state index in [0.29, 0.717) is 13.1 Å². The van der Waals surface area contributed by atoms with Crippen LogP contribution in [0.3, 0.4) is 0 Å². The topological polar surface area (TPSA) is 86.9 Å². The quantitative estimate of drug-likeness (QED) is 0.563. The normalized spacial score (nSPS) is 20.7. The highest BCUT2D eigenvalue weighted by Crippen LogP contribution is 2.01. The van der Waals surface area contributed by atoms with E-state index in [0.717, 1.165) is 32.7 Å². The van der Waals surface area contributed by atoms with Crippen molar-refractivity contribution < 1.29 is 13.0 Å². The van der Waals surface area contributed by atoms with Gasteiger partial charge in [-0.3, -0.25) is 14.4 Å². The summed E-state index contributed by atoms with van der Waals surface area (Å²) in [5.74, 6) is -0.177. The van der Waals surface area contributed by atoms with E-state index in [4.69, 9.17) is 10.3 Å². The highest BCUT2D eigenvalue weighted by molar-refractivity contribution is 7.85. The van der Waals surface area contributed by atoms with E-state index in [-0.39, 0.29) is 5.75 Å². The van der Waals surface area contributed by atoms with Crippen molar-refractivity contribution in [3.63, 3.8) is 0 Å². The van der Waals surface area contributed by atoms with Gasteiger partial charge < -0.3 is 5.73 Å². The molecule has 0 saturated carbocycles. The van der Waals surface area contributed by atoms with Crippen molar-refractivity contribution in [2.24, 2.45) is 5.73 Å². The lowest BCUT2D eigenvalue weighted by molar-refractivity contribution is 0.140. The number of piperazine rings is 1. The summed E-state index contributed by atoms with van der Waals surface area (Å²) in [6.07, 6.45) is 0. The number of hydrogen-bond acceptors (Lipinski definition) is 5. The van der Waals surface area contributed by atoms with Crippen molar-refractivity contribution in [3.8, 4) is 0 Å². The minimum Gasteiger partial charge on any atom is -0.329 e. The zero-order chi connectivity index (χ0) is 11.3. The zero-order valence-electron chi connectivity index (χ0n) is 8.80. The van der Waals surface area contributed by atoms with Crippen molar-refractivity contribution in [1.29, 1.82) is 0 Å². The SMILES string of the molecule is NCCN1CCN(CCS(=O)(=O)O)CC1. The molecule has 0 aromatic carbocycles. The third-order valence-electron chi connectivity index (χ3n) is 2.58. The number of rotatable bonds is 5. The minimum absolute atomic E-state index is 0.177. The summed E-state index contributed by atoms with van der Waals surface area (Å²) in [5.41, 5.74) is 5.44. The van der Waals surface area contributed by atoms with Crippen molar-refractivity contribution in [2.75, 3.05) is 51.6 Å². The molecular formula is C8H19N3O3S. The Labute approximate surface area is 90.8 Å². The summed E-state index contributed by atoms with van der Waals surface area (Å²) in [6, 6.07) is 0. The van der Waals surface area contributed by atoms with Crippen LogP contribution < -0.4 is 5.73 Å². The van der Waals surface area contributed by atoms with Crippen LogP contribution in [-0.4, -0.2) is 74.3 Å². The Morgan fingerprint density at radius 3 is 1.93 bits per heavy atom. The first-order valence-electron chi connectivity index (χ1n) is 5.11. The number of nitrogens with two attached hydrogens (primary N) is 1. The van der Waals surface area contributed by atoms with Gasteiger partial charge in [0.2, 0.25) is 0 Å². The standard InChI is InChI=1S/C8H19N3O3S/c9-1-2-10-3-5-11(6-4-10)7-8-15(12,13)14/h1-9H2,(H,12,13,14). The van der Waals surface area contributed by atoms with Crippen LogP contribution >= 0.6 is 0 Å². The predicted molar refractivity (Wildman–Crippen MR) is 58.4 cm³/mol. The second-order valence-electron chi connectivity index (χ2n) is 3.76. The maximum Gasteiger partial charge on any atom is 0.266 e. The lowest BCUT2D eigenvalue weighted by Crippen LogP contribution is -2.48. The van der Waals surface area contributed by atoms with E-state index in [1.807, 2.05) is 4.90 Å². The fourth-order valence-corrected chi connectivity index (χ4v) is 2.15. The maximum absolute atomic E-state index is 10.5. The van der Waals surface area contributed by atoms with Crippen LogP contribution in [0.15, 0.2) is 0 Å². The zero-order valence-corrected chi connectivity index (χ0v) is 9.62. The van der Waals surface area contributed by atoms with Gasteiger partial charge >= 0.3 is 0 Å². The summed E-state index contributed by atoms with van der Waals surface area (Å²) >= 11 is 0. The van der Waals surface area contributed by atoms with Gasteiger partial charge in [0.15, 0.2) is 0 Å². The van der Waals surface area contributed by atoms with E-state index < -0.39 is 10.1 Å². The molecule has 1 aliphatic heterocycles. The third-order valence-corrected chi connectivity index (χ3v) is 3.27. The molecular weight excluding hydrogens is 218 g/mol. The van der Waals surface area contributed by atoms with Gasteiger partial charge in [0, 0.05) is 45.8 Å². The molecule has 0 aromatic heterocycles. The molecule has 0 spiro atoms. The molecule has 1 aliphatic rings. The van der Waals surface area contributed by atoms with Gasteiger partial charge in [0.25, 0.3) is 10.1 Å². The smallest absolute Gasteiger partial charge is 0.266 e. The van der Waals surface area contributed by atoms with E-state index in [9.17, 15) is 8.42 Å². The average Bonchev–Trinajstić information content (AvgIpc) is 2.16. The summed E-state index contributed by atoms with van der Waals surface area (Å²) < 4.78 is 29.7. The maximum atomic E-state index is 10.5. The second-order valence-corrected chi connectivity index (χ2v) is 5.33. The second kappa shape index (κ2) is 5.76. The van der Waals surface area contributed by atoms with Gasteiger partial charge in [-0.25, -0.2) is 0 Å². The molecule has 1 heterocycles. The highest BCUT2D eigenvalue weighted by Gasteiger charge is 2.17. The van der Waals surface area contributed by atoms with Crippen molar-refractivity contribution in [3.05, 3.63) is 0 Å². The Morgan fingerprint density at radius 1 is 1.07 bits per heavy atom. The molecule has 3 N–H and O–H groups in total. The molecule has 7 heteroatoms. The molecule has 0 aliphatic carbocycles. The lowest BCUT2D eigenvalue weighted by Gasteiger charge is -2.34. The number of hydrogen-bond donors (Lipinski definition) is 2. The fraction of sp³-hybridized carbons (Fsp3) is 1.00. The van der Waals surface area contributed by atoms with Gasteiger partial charge in [-0.05, 0) is 0 Å². The van der Waals surface area contributed by atoms with Crippen LogP contribution in [-0.2, 0) is 10.1 Å². The van der Waals surface area contributed by atoms with Crippen molar-refractivity contribution in [2.45, 2.75) is 0 Å². The molecule has 1 rings (SSSR count). The highest BCUT2D eigenvalue weighted by atomic mass is 32.2. The summed E-state index contributed by atoms with van der Waals surface area (Å²) in [5, 5.41) is 0. The lowest BCUT2D eigenvalue weighted by atomic mass is 10.3. The molecule has 0 bridgehead atoms. The van der Waals surface area contributed by atoms with Crippen LogP contribution in [0.25, 0.3) is 0 Å². The summed E-state index contributed by atoms with van der Waals surface area (Å²) in [4.78, 5) is 4.30. The average molecular weight is 237 g/mol. The Kier molecular flexibility index (Phi) is 4.94. The van der Waals surface area contributed by atoms with Crippen LogP contribution in [0.1, 0.15) is 0 Å². The first kappa shape index (κ1) is 12.9. The molecule has 6 nitrogen and oxygen atoms in total. The summed E-state index contributed by atoms with van der Waals surface area (Å²) in [7, 11) is -3.82. The van der Waals surface area contributed by atoms with Gasteiger partial charge in [-0.1, -0.05) is 0 Å².